The lowest BCUT2D eigenvalue weighted by Gasteiger charge is -2.30. The van der Waals surface area contributed by atoms with Crippen LogP contribution in [0.2, 0.25) is 0 Å². The molecule has 0 bridgehead atoms. The van der Waals surface area contributed by atoms with E-state index in [4.69, 9.17) is 16.4 Å². The van der Waals surface area contributed by atoms with Crippen LogP contribution in [0.5, 0.6) is 0 Å². The average Bonchev–Trinajstić information content (AvgIpc) is 4.04. The normalized spacial score (nSPS) is 15.1. The van der Waals surface area contributed by atoms with Gasteiger partial charge in [-0.2, -0.15) is 0 Å². The maximum Gasteiger partial charge on any atom is 0.410 e. The predicted octanol–water partition coefficient (Wildman–Crippen LogP) is 10.6. The van der Waals surface area contributed by atoms with Crippen molar-refractivity contribution in [3.8, 4) is 0 Å². The fourth-order valence-corrected chi connectivity index (χ4v) is 10.2. The zero-order chi connectivity index (χ0) is 60.3. The highest BCUT2D eigenvalue weighted by Gasteiger charge is 2.27. The van der Waals surface area contributed by atoms with E-state index in [1.54, 1.807) is 19.0 Å². The summed E-state index contributed by atoms with van der Waals surface area (Å²) >= 11 is 13.4. The molecule has 10 heterocycles. The van der Waals surface area contributed by atoms with Crippen molar-refractivity contribution < 1.29 is 23.9 Å². The van der Waals surface area contributed by atoms with Gasteiger partial charge in [0.15, 0.2) is 0 Å². The number of pyridine rings is 4. The van der Waals surface area contributed by atoms with E-state index in [0.717, 1.165) is 106 Å². The van der Waals surface area contributed by atoms with Gasteiger partial charge < -0.3 is 33.8 Å². The first-order chi connectivity index (χ1) is 38.1. The highest BCUT2D eigenvalue weighted by atomic mass is 79.9. The van der Waals surface area contributed by atoms with Gasteiger partial charge in [-0.1, -0.05) is 12.1 Å². The molecule has 2 saturated heterocycles. The van der Waals surface area contributed by atoms with Gasteiger partial charge in [0.25, 0.3) is 0 Å². The zero-order valence-electron chi connectivity index (χ0n) is 49.5. The van der Waals surface area contributed by atoms with Crippen LogP contribution in [-0.2, 0) is 59.1 Å². The molecule has 81 heavy (non-hydrogen) atoms. The number of hydrazine groups is 2. The van der Waals surface area contributed by atoms with Crippen LogP contribution in [-0.4, -0.2) is 138 Å². The molecule has 0 saturated carbocycles. The summed E-state index contributed by atoms with van der Waals surface area (Å²) in [6.07, 6.45) is 4.34. The Bertz CT molecular complexity index is 2960. The Morgan fingerprint density at radius 1 is 0.605 bits per heavy atom. The van der Waals surface area contributed by atoms with Gasteiger partial charge >= 0.3 is 6.09 Å². The van der Waals surface area contributed by atoms with Crippen LogP contribution in [0.1, 0.15) is 111 Å². The number of carbonyl (C=O) groups is 4. The number of ketones is 3. The van der Waals surface area contributed by atoms with E-state index in [2.05, 4.69) is 162 Å². The fourth-order valence-electron chi connectivity index (χ4n) is 8.95. The first kappa shape index (κ1) is 68.8. The predicted molar refractivity (Wildman–Crippen MR) is 340 cm³/mol. The molecule has 10 rings (SSSR count). The second-order valence-electron chi connectivity index (χ2n) is 21.7. The number of halogens is 4. The Balaban J connectivity index is 0.000000209. The zero-order valence-corrected chi connectivity index (χ0v) is 55.8. The number of piperidine rings is 2. The van der Waals surface area contributed by atoms with E-state index in [9.17, 15) is 19.2 Å². The molecule has 19 nitrogen and oxygen atoms in total. The van der Waals surface area contributed by atoms with Crippen molar-refractivity contribution >= 4 is 121 Å². The number of rotatable bonds is 4. The SMILES string of the molecule is CC(C)(C)OC(=O)N1CCC(=O)CC1.CC(C)=O.CC(C)N1CCC(=O)CC1.CC(C)N1CCc2c(c3ccc(Br)nc3n2C)C1.CN(N)c1cccc(Br)n1.CN(N)c1cccc(Br)n1.Cn1c2c(c3ccc(Br)nc31)CNCC2. The lowest BCUT2D eigenvalue weighted by molar-refractivity contribution is -0.122. The number of hydrogen-bond donors (Lipinski definition) is 3. The van der Waals surface area contributed by atoms with Crippen LogP contribution < -0.4 is 27.0 Å². The number of carbonyl (C=O) groups excluding carboxylic acids is 4. The number of aromatic nitrogens is 6. The molecule has 0 atom stereocenters. The van der Waals surface area contributed by atoms with Gasteiger partial charge in [-0.3, -0.25) is 24.5 Å². The molecule has 444 valence electrons. The molecule has 6 aromatic heterocycles. The standard InChI is InChI=1S/C14H18BrN3.C11H12BrN3.C10H17NO3.C8H15NO.2C6H8BrN3.C3H6O/c1-9(2)18-7-6-12-11(8-18)10-4-5-13(15)16-14(10)17(12)3;1-15-9-4-5-13-6-8(9)7-2-3-10(12)14-11(7)15;1-10(2,3)14-9(13)11-6-4-8(12)5-7-11;1-7(2)9-5-3-8(10)4-6-9;2*1-10(8)6-4-2-3-5(7)9-6;1-3(2)4/h4-5,9H,6-8H2,1-3H3;2-3,13H,4-6H2,1H3;4-7H2,1-3H3;7H,3-6H2,1-2H3;2*2-4H,8H2,1H3;1-2H3. The first-order valence-corrected chi connectivity index (χ1v) is 30.4. The molecule has 0 unspecified atom stereocenters. The Labute approximate surface area is 512 Å². The first-order valence-electron chi connectivity index (χ1n) is 27.2. The molecule has 0 spiro atoms. The van der Waals surface area contributed by atoms with Crippen LogP contribution in [0.15, 0.2) is 79.1 Å². The topological polar surface area (TPSA) is 219 Å². The van der Waals surface area contributed by atoms with Gasteiger partial charge in [0.05, 0.1) is 0 Å². The van der Waals surface area contributed by atoms with E-state index in [-0.39, 0.29) is 17.7 Å². The summed E-state index contributed by atoms with van der Waals surface area (Å²) in [7, 11) is 7.72. The van der Waals surface area contributed by atoms with Crippen molar-refractivity contribution in [2.45, 2.75) is 132 Å². The van der Waals surface area contributed by atoms with Crippen LogP contribution in [0.3, 0.4) is 0 Å². The second kappa shape index (κ2) is 32.9. The number of anilines is 2. The third kappa shape index (κ3) is 22.4. The number of nitrogens with zero attached hydrogens (tertiary/aromatic N) is 11. The number of nitrogens with one attached hydrogen (secondary N) is 1. The summed E-state index contributed by atoms with van der Waals surface area (Å²) in [4.78, 5) is 66.5. The monoisotopic (exact) mass is 1370 g/mol. The molecule has 6 aromatic rings. The van der Waals surface area contributed by atoms with Gasteiger partial charge in [-0.25, -0.2) is 36.4 Å². The summed E-state index contributed by atoms with van der Waals surface area (Å²) < 4.78 is 13.1. The van der Waals surface area contributed by atoms with Crippen molar-refractivity contribution in [3.63, 3.8) is 0 Å². The third-order valence-electron chi connectivity index (χ3n) is 13.2. The van der Waals surface area contributed by atoms with E-state index < -0.39 is 5.60 Å². The van der Waals surface area contributed by atoms with Gasteiger partial charge in [0.1, 0.15) is 64.3 Å². The molecule has 23 heteroatoms. The lowest BCUT2D eigenvalue weighted by Crippen LogP contribution is -2.41. The molecule has 0 aliphatic carbocycles. The summed E-state index contributed by atoms with van der Waals surface area (Å²) in [5, 5.41) is 8.92. The number of amides is 1. The number of ether oxygens (including phenoxy) is 1. The third-order valence-corrected chi connectivity index (χ3v) is 15.0. The Morgan fingerprint density at radius 3 is 1.42 bits per heavy atom. The number of nitrogens with two attached hydrogens (primary N) is 2. The summed E-state index contributed by atoms with van der Waals surface area (Å²) in [6, 6.07) is 20.8. The largest absolute Gasteiger partial charge is 0.444 e. The van der Waals surface area contributed by atoms with E-state index in [1.807, 2.05) is 69.3 Å². The Kier molecular flexibility index (Phi) is 28.0. The van der Waals surface area contributed by atoms with Crippen LogP contribution in [0, 0.1) is 0 Å². The fraction of sp³-hybridized carbons (Fsp3) is 0.517. The van der Waals surface area contributed by atoms with Gasteiger partial charge in [0.2, 0.25) is 0 Å². The average molecular weight is 1380 g/mol. The van der Waals surface area contributed by atoms with Crippen molar-refractivity contribution in [1.29, 1.82) is 0 Å². The van der Waals surface area contributed by atoms with Crippen molar-refractivity contribution in [2.75, 3.05) is 63.4 Å². The minimum atomic E-state index is -0.460. The van der Waals surface area contributed by atoms with Gasteiger partial charge in [0, 0.05) is 153 Å². The maximum atomic E-state index is 11.5. The van der Waals surface area contributed by atoms with Crippen LogP contribution in [0.25, 0.3) is 22.1 Å². The number of likely N-dealkylation sites (tertiary alicyclic amines) is 2. The van der Waals surface area contributed by atoms with Gasteiger partial charge in [-0.05, 0) is 186 Å². The molecule has 0 radical (unpaired) electrons. The molecular formula is C58H84Br4N14O5. The molecular weight excluding hydrogens is 1290 g/mol. The molecule has 4 aliphatic heterocycles. The Hall–Kier alpha value is -4.72. The van der Waals surface area contributed by atoms with Crippen molar-refractivity contribution in [3.05, 3.63) is 102 Å². The van der Waals surface area contributed by atoms with E-state index in [1.165, 1.54) is 57.2 Å². The highest BCUT2D eigenvalue weighted by Crippen LogP contribution is 2.31. The smallest absolute Gasteiger partial charge is 0.410 e. The Morgan fingerprint density at radius 2 is 1.01 bits per heavy atom. The minimum Gasteiger partial charge on any atom is -0.444 e. The summed E-state index contributed by atoms with van der Waals surface area (Å²) in [6.45, 7) is 24.6. The van der Waals surface area contributed by atoms with Crippen molar-refractivity contribution in [2.24, 2.45) is 25.8 Å². The molecule has 2 fully saturated rings. The highest BCUT2D eigenvalue weighted by molar-refractivity contribution is 9.11. The van der Waals surface area contributed by atoms with E-state index in [0.29, 0.717) is 43.8 Å². The molecule has 4 aliphatic rings. The minimum absolute atomic E-state index is 0.167. The number of hydrogen-bond acceptors (Lipinski definition) is 16. The maximum absolute atomic E-state index is 11.5. The molecule has 0 aromatic carbocycles. The van der Waals surface area contributed by atoms with Crippen LogP contribution in [0.4, 0.5) is 16.4 Å². The van der Waals surface area contributed by atoms with Crippen LogP contribution >= 0.6 is 63.7 Å². The quantitative estimate of drug-likeness (QED) is 0.0849. The van der Waals surface area contributed by atoms with Crippen molar-refractivity contribution in [1.82, 2.24) is 49.1 Å². The van der Waals surface area contributed by atoms with E-state index >= 15 is 0 Å². The summed E-state index contributed by atoms with van der Waals surface area (Å²) in [5.74, 6) is 13.2. The number of fused-ring (bicyclic) bond motifs is 6. The molecule has 1 amide bonds. The summed E-state index contributed by atoms with van der Waals surface area (Å²) in [5.41, 5.74) is 7.48. The number of aryl methyl sites for hydroxylation is 2. The van der Waals surface area contributed by atoms with Gasteiger partial charge in [-0.15, -0.1) is 0 Å². The molecule has 5 N–H and O–H groups in total. The second-order valence-corrected chi connectivity index (χ2v) is 24.9. The lowest BCUT2D eigenvalue weighted by atomic mass is 10.0. The number of Topliss-reactive ketones (excluding diaryl/α,β-unsaturated/α-hetero) is 3.